The number of Topliss-reactive ketones (excluding diaryl/α,β-unsaturated/α-hetero) is 1. The second-order valence-corrected chi connectivity index (χ2v) is 9.14. The summed E-state index contributed by atoms with van der Waals surface area (Å²) < 4.78 is 56.0. The molecular weight excluding hydrogens is 587 g/mol. The third-order valence-corrected chi connectivity index (χ3v) is 5.93. The number of ketones is 1. The number of hydrogen-bond donors (Lipinski definition) is 3. The molecule has 232 valence electrons. The van der Waals surface area contributed by atoms with Gasteiger partial charge in [0.25, 0.3) is 5.91 Å². The fraction of sp³-hybridized carbons (Fsp3) is 0.233. The average Bonchev–Trinajstić information content (AvgIpc) is 3.00. The van der Waals surface area contributed by atoms with E-state index < -0.39 is 42.5 Å². The maximum atomic E-state index is 13.5. The predicted molar refractivity (Wildman–Crippen MR) is 150 cm³/mol. The van der Waals surface area contributed by atoms with Gasteiger partial charge in [-0.25, -0.2) is 9.59 Å². The van der Waals surface area contributed by atoms with Crippen molar-refractivity contribution in [2.75, 3.05) is 26.9 Å². The van der Waals surface area contributed by atoms with Crippen LogP contribution >= 0.6 is 0 Å². The van der Waals surface area contributed by atoms with Crippen molar-refractivity contribution < 1.29 is 51.3 Å². The number of rotatable bonds is 14. The molecular formula is C30H28F3N3O8. The van der Waals surface area contributed by atoms with Crippen molar-refractivity contribution in [3.05, 3.63) is 95.1 Å². The van der Waals surface area contributed by atoms with E-state index in [1.165, 1.54) is 48.5 Å². The third kappa shape index (κ3) is 9.94. The van der Waals surface area contributed by atoms with Gasteiger partial charge in [0, 0.05) is 30.2 Å². The molecule has 3 aromatic carbocycles. The number of nitrogens with one attached hydrogen (secondary N) is 2. The van der Waals surface area contributed by atoms with Gasteiger partial charge in [0.1, 0.15) is 23.9 Å². The normalized spacial score (nSPS) is 11.6. The smallest absolute Gasteiger partial charge is 0.491 e. The molecule has 3 rings (SSSR count). The van der Waals surface area contributed by atoms with E-state index in [2.05, 4.69) is 10.1 Å². The number of amides is 1. The summed E-state index contributed by atoms with van der Waals surface area (Å²) in [5, 5.41) is 10.2. The number of halogens is 3. The fourth-order valence-electron chi connectivity index (χ4n) is 3.70. The fourth-order valence-corrected chi connectivity index (χ4v) is 3.70. The Labute approximate surface area is 249 Å². The minimum atomic E-state index is -5.33. The van der Waals surface area contributed by atoms with Gasteiger partial charge >= 0.3 is 18.1 Å². The molecule has 0 aliphatic rings. The summed E-state index contributed by atoms with van der Waals surface area (Å²) >= 11 is 0. The Morgan fingerprint density at radius 1 is 0.818 bits per heavy atom. The van der Waals surface area contributed by atoms with Crippen LogP contribution in [0.5, 0.6) is 11.5 Å². The van der Waals surface area contributed by atoms with Gasteiger partial charge < -0.3 is 30.0 Å². The van der Waals surface area contributed by atoms with Crippen LogP contribution in [-0.4, -0.2) is 68.6 Å². The van der Waals surface area contributed by atoms with E-state index in [0.29, 0.717) is 30.1 Å². The molecule has 0 aromatic heterocycles. The first kappa shape index (κ1) is 33.3. The van der Waals surface area contributed by atoms with E-state index in [1.807, 2.05) is 0 Å². The number of ether oxygens (including phenoxy) is 4. The third-order valence-electron chi connectivity index (χ3n) is 5.93. The molecule has 0 saturated heterocycles. The number of hydrogen-bond acceptors (Lipinski definition) is 9. The van der Waals surface area contributed by atoms with Gasteiger partial charge in [-0.3, -0.25) is 15.0 Å². The molecule has 0 heterocycles. The molecule has 4 N–H and O–H groups in total. The molecule has 44 heavy (non-hydrogen) atoms. The van der Waals surface area contributed by atoms with E-state index in [-0.39, 0.29) is 29.1 Å². The lowest BCUT2D eigenvalue weighted by atomic mass is 9.97. The number of alkyl halides is 3. The summed E-state index contributed by atoms with van der Waals surface area (Å²) in [4.78, 5) is 48.8. The summed E-state index contributed by atoms with van der Waals surface area (Å²) in [6.07, 6.45) is -5.23. The van der Waals surface area contributed by atoms with E-state index >= 15 is 0 Å². The van der Waals surface area contributed by atoms with Crippen molar-refractivity contribution in [2.24, 2.45) is 5.73 Å². The minimum absolute atomic E-state index is 0.00756. The zero-order valence-electron chi connectivity index (χ0n) is 23.3. The zero-order chi connectivity index (χ0) is 32.3. The quantitative estimate of drug-likeness (QED) is 0.0616. The van der Waals surface area contributed by atoms with Crippen LogP contribution in [0.15, 0.2) is 72.8 Å². The lowest BCUT2D eigenvalue weighted by Gasteiger charge is -2.19. The summed E-state index contributed by atoms with van der Waals surface area (Å²) in [5.74, 6) is -4.81. The minimum Gasteiger partial charge on any atom is -0.491 e. The van der Waals surface area contributed by atoms with Crippen LogP contribution < -0.4 is 20.5 Å². The van der Waals surface area contributed by atoms with Gasteiger partial charge in [0.05, 0.1) is 12.6 Å². The van der Waals surface area contributed by atoms with Crippen molar-refractivity contribution in [1.82, 2.24) is 5.32 Å². The highest BCUT2D eigenvalue weighted by atomic mass is 19.4. The standard InChI is InChI=1S/C30H28F3N3O8/c1-41-14-15-42-22-10-2-18(3-11-22)16-24(36-28(39)21-6-4-20(5-7-21)27(34)35)26(38)19-8-12-23(13-9-19)43-17-25(37)44-29(40)30(31,32)33/h2-13,24H,14-17H2,1H3,(H3,34,35)(H,36,39). The van der Waals surface area contributed by atoms with Crippen molar-refractivity contribution in [1.29, 1.82) is 5.41 Å². The first-order valence-electron chi connectivity index (χ1n) is 12.9. The average molecular weight is 616 g/mol. The van der Waals surface area contributed by atoms with Crippen LogP contribution in [0.4, 0.5) is 13.2 Å². The lowest BCUT2D eigenvalue weighted by Crippen LogP contribution is -2.42. The number of amidine groups is 1. The van der Waals surface area contributed by atoms with Gasteiger partial charge in [0.15, 0.2) is 12.4 Å². The Hall–Kier alpha value is -5.24. The summed E-state index contributed by atoms with van der Waals surface area (Å²) in [6.45, 7) is -0.229. The first-order valence-corrected chi connectivity index (χ1v) is 12.9. The molecule has 3 aromatic rings. The molecule has 1 amide bonds. The number of nitrogen functional groups attached to an aromatic ring is 1. The molecule has 0 saturated carbocycles. The molecule has 0 bridgehead atoms. The van der Waals surface area contributed by atoms with Crippen molar-refractivity contribution in [2.45, 2.75) is 18.6 Å². The van der Waals surface area contributed by atoms with Crippen LogP contribution in [0.2, 0.25) is 0 Å². The lowest BCUT2D eigenvalue weighted by molar-refractivity contribution is -0.202. The Bertz CT molecular complexity index is 1480. The molecule has 0 fully saturated rings. The summed E-state index contributed by atoms with van der Waals surface area (Å²) in [6, 6.07) is 17.1. The number of carbonyl (C=O) groups is 4. The monoisotopic (exact) mass is 615 g/mol. The van der Waals surface area contributed by atoms with Gasteiger partial charge in [0.2, 0.25) is 0 Å². The molecule has 0 aliphatic heterocycles. The second-order valence-electron chi connectivity index (χ2n) is 9.14. The maximum Gasteiger partial charge on any atom is 0.491 e. The van der Waals surface area contributed by atoms with Gasteiger partial charge in [-0.1, -0.05) is 24.3 Å². The summed E-state index contributed by atoms with van der Waals surface area (Å²) in [5.41, 5.74) is 6.99. The SMILES string of the molecule is COCCOc1ccc(CC(NC(=O)c2ccc(C(=N)N)cc2)C(=O)c2ccc(OCC(=O)OC(=O)C(F)(F)F)cc2)cc1. The molecule has 14 heteroatoms. The van der Waals surface area contributed by atoms with Crippen molar-refractivity contribution in [3.63, 3.8) is 0 Å². The van der Waals surface area contributed by atoms with E-state index in [9.17, 15) is 32.3 Å². The maximum absolute atomic E-state index is 13.5. The number of esters is 2. The number of benzene rings is 3. The molecule has 0 radical (unpaired) electrons. The molecule has 11 nitrogen and oxygen atoms in total. The van der Waals surface area contributed by atoms with Gasteiger partial charge in [-0.05, 0) is 54.1 Å². The predicted octanol–water partition coefficient (Wildman–Crippen LogP) is 3.23. The Morgan fingerprint density at radius 3 is 1.93 bits per heavy atom. The Kier molecular flexibility index (Phi) is 11.6. The summed E-state index contributed by atoms with van der Waals surface area (Å²) in [7, 11) is 1.55. The second kappa shape index (κ2) is 15.3. The number of nitrogens with two attached hydrogens (primary N) is 1. The molecule has 1 unspecified atom stereocenters. The molecule has 1 atom stereocenters. The molecule has 0 aliphatic carbocycles. The van der Waals surface area contributed by atoms with E-state index in [0.717, 1.165) is 0 Å². The molecule has 0 spiro atoms. The van der Waals surface area contributed by atoms with Crippen LogP contribution in [0.3, 0.4) is 0 Å². The number of carbonyl (C=O) groups excluding carboxylic acids is 4. The zero-order valence-corrected chi connectivity index (χ0v) is 23.3. The largest absolute Gasteiger partial charge is 0.491 e. The van der Waals surface area contributed by atoms with Gasteiger partial charge in [-0.2, -0.15) is 13.2 Å². The van der Waals surface area contributed by atoms with Crippen LogP contribution in [-0.2, 0) is 25.5 Å². The highest BCUT2D eigenvalue weighted by molar-refractivity contribution is 6.05. The van der Waals surface area contributed by atoms with E-state index in [1.54, 1.807) is 31.4 Å². The Morgan fingerprint density at radius 2 is 1.36 bits per heavy atom. The van der Waals surface area contributed by atoms with Crippen molar-refractivity contribution >= 4 is 29.5 Å². The topological polar surface area (TPSA) is 167 Å². The number of methoxy groups -OCH3 is 1. The Balaban J connectivity index is 1.74. The first-order chi connectivity index (χ1) is 20.9. The van der Waals surface area contributed by atoms with Gasteiger partial charge in [-0.15, -0.1) is 0 Å². The van der Waals surface area contributed by atoms with Crippen LogP contribution in [0, 0.1) is 5.41 Å². The highest BCUT2D eigenvalue weighted by Crippen LogP contribution is 2.19. The van der Waals surface area contributed by atoms with Crippen molar-refractivity contribution in [3.8, 4) is 11.5 Å². The van der Waals surface area contributed by atoms with E-state index in [4.69, 9.17) is 25.4 Å². The van der Waals surface area contributed by atoms with Crippen LogP contribution in [0.1, 0.15) is 31.8 Å². The highest BCUT2D eigenvalue weighted by Gasteiger charge is 2.42. The van der Waals surface area contributed by atoms with Crippen LogP contribution in [0.25, 0.3) is 0 Å².